The van der Waals surface area contributed by atoms with Crippen molar-refractivity contribution < 1.29 is 9.47 Å². The summed E-state index contributed by atoms with van der Waals surface area (Å²) in [6, 6.07) is 13.9. The Bertz CT molecular complexity index is 594. The van der Waals surface area contributed by atoms with Crippen molar-refractivity contribution in [1.29, 1.82) is 0 Å². The molecule has 0 aliphatic heterocycles. The lowest BCUT2D eigenvalue weighted by Gasteiger charge is -2.11. The van der Waals surface area contributed by atoms with Crippen LogP contribution in [-0.4, -0.2) is 13.2 Å². The Hall–Kier alpha value is -2.16. The number of nitrogens with two attached hydrogens (primary N) is 1. The van der Waals surface area contributed by atoms with Gasteiger partial charge in [-0.25, -0.2) is 0 Å². The number of anilines is 1. The van der Waals surface area contributed by atoms with E-state index in [4.69, 9.17) is 15.2 Å². The standard InChI is InChI=1S/C18H23NO2/c1-13(2)15-5-4-6-16(12-15)20-9-10-21-17-7-8-18(19)14(3)11-17/h4-8,11-13H,9-10,19H2,1-3H3. The van der Waals surface area contributed by atoms with E-state index in [9.17, 15) is 0 Å². The fourth-order valence-electron chi connectivity index (χ4n) is 2.02. The molecule has 0 heterocycles. The molecule has 2 aromatic rings. The smallest absolute Gasteiger partial charge is 0.122 e. The van der Waals surface area contributed by atoms with Crippen LogP contribution in [0.15, 0.2) is 42.5 Å². The molecule has 3 heteroatoms. The third-order valence-corrected chi connectivity index (χ3v) is 3.39. The van der Waals surface area contributed by atoms with Crippen molar-refractivity contribution in [1.82, 2.24) is 0 Å². The average Bonchev–Trinajstić information content (AvgIpc) is 2.47. The molecule has 3 nitrogen and oxygen atoms in total. The third-order valence-electron chi connectivity index (χ3n) is 3.39. The monoisotopic (exact) mass is 285 g/mol. The molecule has 0 spiro atoms. The second kappa shape index (κ2) is 7.02. The van der Waals surface area contributed by atoms with Crippen molar-refractivity contribution in [2.24, 2.45) is 0 Å². The molecule has 0 amide bonds. The zero-order valence-electron chi connectivity index (χ0n) is 12.9. The molecule has 2 N–H and O–H groups in total. The molecule has 0 bridgehead atoms. The highest BCUT2D eigenvalue weighted by atomic mass is 16.5. The van der Waals surface area contributed by atoms with Crippen LogP contribution in [0.1, 0.15) is 30.9 Å². The Morgan fingerprint density at radius 1 is 0.952 bits per heavy atom. The first-order valence-electron chi connectivity index (χ1n) is 7.28. The fraction of sp³-hybridized carbons (Fsp3) is 0.333. The zero-order valence-corrected chi connectivity index (χ0v) is 12.9. The number of hydrogen-bond acceptors (Lipinski definition) is 3. The molecule has 112 valence electrons. The lowest BCUT2D eigenvalue weighted by Crippen LogP contribution is -2.09. The molecule has 0 aromatic heterocycles. The van der Waals surface area contributed by atoms with Gasteiger partial charge >= 0.3 is 0 Å². The molecule has 0 aliphatic carbocycles. The summed E-state index contributed by atoms with van der Waals surface area (Å²) in [7, 11) is 0. The van der Waals surface area contributed by atoms with Crippen molar-refractivity contribution in [2.75, 3.05) is 18.9 Å². The van der Waals surface area contributed by atoms with E-state index in [0.717, 1.165) is 22.7 Å². The SMILES string of the molecule is Cc1cc(OCCOc2cccc(C(C)C)c2)ccc1N. The number of aryl methyl sites for hydroxylation is 1. The van der Waals surface area contributed by atoms with Gasteiger partial charge in [-0.3, -0.25) is 0 Å². The van der Waals surface area contributed by atoms with Gasteiger partial charge in [0.15, 0.2) is 0 Å². The van der Waals surface area contributed by atoms with Crippen molar-refractivity contribution in [3.63, 3.8) is 0 Å². The van der Waals surface area contributed by atoms with E-state index in [0.29, 0.717) is 19.1 Å². The van der Waals surface area contributed by atoms with Crippen LogP contribution in [-0.2, 0) is 0 Å². The first-order chi connectivity index (χ1) is 10.1. The molecular formula is C18H23NO2. The largest absolute Gasteiger partial charge is 0.490 e. The highest BCUT2D eigenvalue weighted by Crippen LogP contribution is 2.21. The second-order valence-corrected chi connectivity index (χ2v) is 5.44. The number of nitrogen functional groups attached to an aromatic ring is 1. The van der Waals surface area contributed by atoms with Crippen LogP contribution < -0.4 is 15.2 Å². The topological polar surface area (TPSA) is 44.5 Å². The molecule has 2 rings (SSSR count). The Labute approximate surface area is 126 Å². The van der Waals surface area contributed by atoms with Crippen LogP contribution >= 0.6 is 0 Å². The highest BCUT2D eigenvalue weighted by molar-refractivity contribution is 5.49. The molecule has 0 saturated heterocycles. The number of benzene rings is 2. The normalized spacial score (nSPS) is 10.7. The molecule has 0 aliphatic rings. The van der Waals surface area contributed by atoms with E-state index >= 15 is 0 Å². The van der Waals surface area contributed by atoms with Crippen molar-refractivity contribution in [2.45, 2.75) is 26.7 Å². The number of hydrogen-bond donors (Lipinski definition) is 1. The molecule has 0 unspecified atom stereocenters. The van der Waals surface area contributed by atoms with Crippen LogP contribution in [0.3, 0.4) is 0 Å². The average molecular weight is 285 g/mol. The van der Waals surface area contributed by atoms with Gasteiger partial charge in [0.05, 0.1) is 0 Å². The zero-order chi connectivity index (χ0) is 15.2. The van der Waals surface area contributed by atoms with Crippen LogP contribution in [0.2, 0.25) is 0 Å². The van der Waals surface area contributed by atoms with Crippen LogP contribution in [0.25, 0.3) is 0 Å². The molecule has 0 saturated carbocycles. The third kappa shape index (κ3) is 4.42. The summed E-state index contributed by atoms with van der Waals surface area (Å²) in [5, 5.41) is 0. The second-order valence-electron chi connectivity index (χ2n) is 5.44. The van der Waals surface area contributed by atoms with Gasteiger partial charge in [-0.1, -0.05) is 26.0 Å². The Balaban J connectivity index is 1.81. The Morgan fingerprint density at radius 2 is 1.62 bits per heavy atom. The highest BCUT2D eigenvalue weighted by Gasteiger charge is 2.02. The number of rotatable bonds is 6. The van der Waals surface area contributed by atoms with Crippen molar-refractivity contribution in [3.05, 3.63) is 53.6 Å². The summed E-state index contributed by atoms with van der Waals surface area (Å²) in [6.45, 7) is 7.34. The maximum atomic E-state index is 5.78. The first kappa shape index (κ1) is 15.2. The molecule has 0 fully saturated rings. The van der Waals surface area contributed by atoms with Gasteiger partial charge in [0.25, 0.3) is 0 Å². The molecule has 2 aromatic carbocycles. The molecular weight excluding hydrogens is 262 g/mol. The minimum Gasteiger partial charge on any atom is -0.490 e. The quantitative estimate of drug-likeness (QED) is 0.640. The van der Waals surface area contributed by atoms with Gasteiger partial charge in [0, 0.05) is 5.69 Å². The lowest BCUT2D eigenvalue weighted by molar-refractivity contribution is 0.217. The van der Waals surface area contributed by atoms with Crippen molar-refractivity contribution in [3.8, 4) is 11.5 Å². The molecule has 0 radical (unpaired) electrons. The van der Waals surface area contributed by atoms with Gasteiger partial charge in [-0.2, -0.15) is 0 Å². The summed E-state index contributed by atoms with van der Waals surface area (Å²) in [4.78, 5) is 0. The van der Waals surface area contributed by atoms with Crippen LogP contribution in [0.5, 0.6) is 11.5 Å². The predicted octanol–water partition coefficient (Wildman–Crippen LogP) is 4.16. The van der Waals surface area contributed by atoms with E-state index in [1.165, 1.54) is 5.56 Å². The first-order valence-corrected chi connectivity index (χ1v) is 7.28. The summed E-state index contributed by atoms with van der Waals surface area (Å²) in [5.41, 5.74) is 8.87. The maximum absolute atomic E-state index is 5.78. The van der Waals surface area contributed by atoms with Gasteiger partial charge in [-0.15, -0.1) is 0 Å². The van der Waals surface area contributed by atoms with Crippen LogP contribution in [0.4, 0.5) is 5.69 Å². The number of ether oxygens (including phenoxy) is 2. The predicted molar refractivity (Wildman–Crippen MR) is 87.1 cm³/mol. The minimum atomic E-state index is 0.502. The van der Waals surface area contributed by atoms with E-state index in [1.54, 1.807) is 0 Å². The summed E-state index contributed by atoms with van der Waals surface area (Å²) >= 11 is 0. The van der Waals surface area contributed by atoms with E-state index < -0.39 is 0 Å². The van der Waals surface area contributed by atoms with Gasteiger partial charge in [-0.05, 0) is 54.3 Å². The van der Waals surface area contributed by atoms with Gasteiger partial charge < -0.3 is 15.2 Å². The van der Waals surface area contributed by atoms with E-state index in [1.807, 2.05) is 37.3 Å². The Kier molecular flexibility index (Phi) is 5.09. The van der Waals surface area contributed by atoms with Gasteiger partial charge in [0.2, 0.25) is 0 Å². The minimum absolute atomic E-state index is 0.502. The van der Waals surface area contributed by atoms with E-state index in [-0.39, 0.29) is 0 Å². The van der Waals surface area contributed by atoms with E-state index in [2.05, 4.69) is 26.0 Å². The van der Waals surface area contributed by atoms with Gasteiger partial charge in [0.1, 0.15) is 24.7 Å². The fourth-order valence-corrected chi connectivity index (χ4v) is 2.02. The van der Waals surface area contributed by atoms with Crippen LogP contribution in [0, 0.1) is 6.92 Å². The summed E-state index contributed by atoms with van der Waals surface area (Å²) in [6.07, 6.45) is 0. The molecule has 21 heavy (non-hydrogen) atoms. The Morgan fingerprint density at radius 3 is 2.24 bits per heavy atom. The maximum Gasteiger partial charge on any atom is 0.122 e. The molecule has 0 atom stereocenters. The summed E-state index contributed by atoms with van der Waals surface area (Å²) < 4.78 is 11.4. The van der Waals surface area contributed by atoms with Crippen molar-refractivity contribution >= 4 is 5.69 Å². The lowest BCUT2D eigenvalue weighted by atomic mass is 10.0. The summed E-state index contributed by atoms with van der Waals surface area (Å²) in [5.74, 6) is 2.21.